The van der Waals surface area contributed by atoms with Gasteiger partial charge in [0, 0.05) is 21.8 Å². The number of aromatic amines is 1. The molecule has 19 heavy (non-hydrogen) atoms. The van der Waals surface area contributed by atoms with Gasteiger partial charge in [-0.25, -0.2) is 0 Å². The van der Waals surface area contributed by atoms with E-state index in [1.54, 1.807) is 6.07 Å². The summed E-state index contributed by atoms with van der Waals surface area (Å²) < 4.78 is 0.891. The highest BCUT2D eigenvalue weighted by Crippen LogP contribution is 2.18. The topological polar surface area (TPSA) is 57.8 Å². The van der Waals surface area contributed by atoms with E-state index in [4.69, 9.17) is 0 Å². The minimum absolute atomic E-state index is 0.161. The molecule has 0 bridgehead atoms. The zero-order valence-electron chi connectivity index (χ0n) is 11.1. The Morgan fingerprint density at radius 3 is 2.63 bits per heavy atom. The number of carbonyl (C=O) groups is 1. The second-order valence-corrected chi connectivity index (χ2v) is 5.75. The molecule has 2 aromatic rings. The van der Waals surface area contributed by atoms with E-state index in [9.17, 15) is 4.79 Å². The SMILES string of the molecule is Cc1cc(Br)cc(C(=O)Nc2cc(C(C)C)[nH]n2)c1. The minimum Gasteiger partial charge on any atom is -0.305 e. The second-order valence-electron chi connectivity index (χ2n) is 4.83. The first kappa shape index (κ1) is 13.8. The van der Waals surface area contributed by atoms with Crippen LogP contribution in [0.2, 0.25) is 0 Å². The lowest BCUT2D eigenvalue weighted by Gasteiger charge is -2.04. The van der Waals surface area contributed by atoms with Crippen LogP contribution in [0.25, 0.3) is 0 Å². The summed E-state index contributed by atoms with van der Waals surface area (Å²) >= 11 is 3.39. The molecule has 1 heterocycles. The van der Waals surface area contributed by atoms with Crippen molar-refractivity contribution in [2.24, 2.45) is 0 Å². The van der Waals surface area contributed by atoms with E-state index in [0.717, 1.165) is 15.7 Å². The zero-order valence-corrected chi connectivity index (χ0v) is 12.7. The van der Waals surface area contributed by atoms with Crippen molar-refractivity contribution in [2.75, 3.05) is 5.32 Å². The molecule has 0 saturated heterocycles. The fourth-order valence-electron chi connectivity index (χ4n) is 1.75. The van der Waals surface area contributed by atoms with Crippen molar-refractivity contribution in [3.8, 4) is 0 Å². The van der Waals surface area contributed by atoms with Crippen LogP contribution >= 0.6 is 15.9 Å². The van der Waals surface area contributed by atoms with Gasteiger partial charge in [-0.2, -0.15) is 5.10 Å². The third-order valence-corrected chi connectivity index (χ3v) is 3.22. The molecular weight excluding hydrogens is 306 g/mol. The van der Waals surface area contributed by atoms with E-state index in [1.165, 1.54) is 0 Å². The number of rotatable bonds is 3. The Hall–Kier alpha value is -1.62. The number of anilines is 1. The molecule has 0 saturated carbocycles. The maximum atomic E-state index is 12.1. The molecule has 0 fully saturated rings. The first-order chi connectivity index (χ1) is 8.95. The van der Waals surface area contributed by atoms with E-state index in [1.807, 2.05) is 25.1 Å². The highest BCUT2D eigenvalue weighted by molar-refractivity contribution is 9.10. The first-order valence-electron chi connectivity index (χ1n) is 6.09. The summed E-state index contributed by atoms with van der Waals surface area (Å²) in [6, 6.07) is 7.45. The van der Waals surface area contributed by atoms with Crippen LogP contribution in [0.15, 0.2) is 28.7 Å². The van der Waals surface area contributed by atoms with Gasteiger partial charge in [0.25, 0.3) is 5.91 Å². The number of benzene rings is 1. The number of amides is 1. The smallest absolute Gasteiger partial charge is 0.256 e. The van der Waals surface area contributed by atoms with Gasteiger partial charge in [-0.3, -0.25) is 9.89 Å². The normalized spacial score (nSPS) is 10.8. The Kier molecular flexibility index (Phi) is 4.04. The lowest BCUT2D eigenvalue weighted by molar-refractivity contribution is 0.102. The average molecular weight is 322 g/mol. The summed E-state index contributed by atoms with van der Waals surface area (Å²) in [5, 5.41) is 9.78. The number of H-pyrrole nitrogens is 1. The van der Waals surface area contributed by atoms with Crippen LogP contribution in [0.4, 0.5) is 5.82 Å². The number of aromatic nitrogens is 2. The predicted molar refractivity (Wildman–Crippen MR) is 79.5 cm³/mol. The number of carbonyl (C=O) groups excluding carboxylic acids is 1. The van der Waals surface area contributed by atoms with E-state index in [0.29, 0.717) is 17.3 Å². The summed E-state index contributed by atoms with van der Waals surface area (Å²) in [6.07, 6.45) is 0. The van der Waals surface area contributed by atoms with Crippen LogP contribution in [0.3, 0.4) is 0 Å². The van der Waals surface area contributed by atoms with Gasteiger partial charge in [0.1, 0.15) is 0 Å². The van der Waals surface area contributed by atoms with Gasteiger partial charge in [-0.05, 0) is 36.6 Å². The fraction of sp³-hybridized carbons (Fsp3) is 0.286. The number of halogens is 1. The summed E-state index contributed by atoms with van der Waals surface area (Å²) in [5.41, 5.74) is 2.64. The van der Waals surface area contributed by atoms with Crippen molar-refractivity contribution in [1.82, 2.24) is 10.2 Å². The van der Waals surface area contributed by atoms with Gasteiger partial charge < -0.3 is 5.32 Å². The van der Waals surface area contributed by atoms with Crippen LogP contribution < -0.4 is 5.32 Å². The Balaban J connectivity index is 2.15. The zero-order chi connectivity index (χ0) is 14.0. The molecule has 2 rings (SSSR count). The van der Waals surface area contributed by atoms with Crippen LogP contribution in [0.1, 0.15) is 41.4 Å². The van der Waals surface area contributed by atoms with E-state index in [-0.39, 0.29) is 5.91 Å². The van der Waals surface area contributed by atoms with Crippen molar-refractivity contribution < 1.29 is 4.79 Å². The predicted octanol–water partition coefficient (Wildman–Crippen LogP) is 3.86. The van der Waals surface area contributed by atoms with Crippen LogP contribution in [-0.4, -0.2) is 16.1 Å². The molecule has 0 atom stereocenters. The van der Waals surface area contributed by atoms with Crippen molar-refractivity contribution in [3.63, 3.8) is 0 Å². The molecule has 0 aliphatic rings. The van der Waals surface area contributed by atoms with E-state index >= 15 is 0 Å². The first-order valence-corrected chi connectivity index (χ1v) is 6.89. The van der Waals surface area contributed by atoms with Gasteiger partial charge in [-0.15, -0.1) is 0 Å². The summed E-state index contributed by atoms with van der Waals surface area (Å²) in [5.74, 6) is 0.740. The van der Waals surface area contributed by atoms with Crippen LogP contribution in [0, 0.1) is 6.92 Å². The van der Waals surface area contributed by atoms with Crippen LogP contribution in [-0.2, 0) is 0 Å². The molecule has 1 aromatic carbocycles. The molecule has 2 N–H and O–H groups in total. The molecule has 0 unspecified atom stereocenters. The molecule has 0 spiro atoms. The molecule has 0 aliphatic heterocycles. The van der Waals surface area contributed by atoms with E-state index < -0.39 is 0 Å². The lowest BCUT2D eigenvalue weighted by atomic mass is 10.1. The van der Waals surface area contributed by atoms with Gasteiger partial charge in [0.2, 0.25) is 0 Å². The van der Waals surface area contributed by atoms with Gasteiger partial charge in [0.15, 0.2) is 5.82 Å². The number of aryl methyl sites for hydroxylation is 1. The van der Waals surface area contributed by atoms with E-state index in [2.05, 4.69) is 45.3 Å². The summed E-state index contributed by atoms with van der Waals surface area (Å²) in [6.45, 7) is 6.08. The molecule has 5 heteroatoms. The molecule has 0 radical (unpaired) electrons. The molecule has 100 valence electrons. The third-order valence-electron chi connectivity index (χ3n) is 2.77. The van der Waals surface area contributed by atoms with Crippen molar-refractivity contribution in [3.05, 3.63) is 45.6 Å². The lowest BCUT2D eigenvalue weighted by Crippen LogP contribution is -2.12. The number of hydrogen-bond acceptors (Lipinski definition) is 2. The van der Waals surface area contributed by atoms with Crippen LogP contribution in [0.5, 0.6) is 0 Å². The summed E-state index contributed by atoms with van der Waals surface area (Å²) in [7, 11) is 0. The maximum Gasteiger partial charge on any atom is 0.256 e. The average Bonchev–Trinajstić information content (AvgIpc) is 2.76. The highest BCUT2D eigenvalue weighted by Gasteiger charge is 2.10. The Labute approximate surface area is 120 Å². The second kappa shape index (κ2) is 5.57. The number of nitrogens with one attached hydrogen (secondary N) is 2. The van der Waals surface area contributed by atoms with Crippen molar-refractivity contribution in [2.45, 2.75) is 26.7 Å². The van der Waals surface area contributed by atoms with Crippen molar-refractivity contribution in [1.29, 1.82) is 0 Å². The Morgan fingerprint density at radius 1 is 1.32 bits per heavy atom. The third kappa shape index (κ3) is 3.44. The Bertz CT molecular complexity index is 584. The molecule has 1 aromatic heterocycles. The molecule has 0 aliphatic carbocycles. The quantitative estimate of drug-likeness (QED) is 0.901. The molecule has 1 amide bonds. The standard InChI is InChI=1S/C14H16BrN3O/c1-8(2)12-7-13(18-17-12)16-14(19)10-4-9(3)5-11(15)6-10/h4-8H,1-3H3,(H2,16,17,18,19). The monoisotopic (exact) mass is 321 g/mol. The Morgan fingerprint density at radius 2 is 2.05 bits per heavy atom. The number of hydrogen-bond donors (Lipinski definition) is 2. The molecular formula is C14H16BrN3O. The molecule has 4 nitrogen and oxygen atoms in total. The van der Waals surface area contributed by atoms with Gasteiger partial charge in [0.05, 0.1) is 0 Å². The van der Waals surface area contributed by atoms with Crippen molar-refractivity contribution >= 4 is 27.7 Å². The highest BCUT2D eigenvalue weighted by atomic mass is 79.9. The number of nitrogens with zero attached hydrogens (tertiary/aromatic N) is 1. The minimum atomic E-state index is -0.161. The largest absolute Gasteiger partial charge is 0.305 e. The fourth-order valence-corrected chi connectivity index (χ4v) is 2.36. The van der Waals surface area contributed by atoms with Gasteiger partial charge in [-0.1, -0.05) is 29.8 Å². The summed E-state index contributed by atoms with van der Waals surface area (Å²) in [4.78, 5) is 12.1. The maximum absolute atomic E-state index is 12.1. The van der Waals surface area contributed by atoms with Gasteiger partial charge >= 0.3 is 0 Å².